The molecule has 1 aliphatic heterocycles. The molecule has 26 heavy (non-hydrogen) atoms. The molecule has 3 N–H and O–H groups in total. The molecule has 1 amide bonds. The number of nitrogens with one attached hydrogen (secondary N) is 3. The zero-order valence-electron chi connectivity index (χ0n) is 14.2. The van der Waals surface area contributed by atoms with Crippen molar-refractivity contribution in [2.24, 2.45) is 0 Å². The second-order valence-electron chi connectivity index (χ2n) is 6.40. The summed E-state index contributed by atoms with van der Waals surface area (Å²) in [7, 11) is 0. The van der Waals surface area contributed by atoms with Crippen LogP contribution in [0.5, 0.6) is 0 Å². The van der Waals surface area contributed by atoms with Crippen molar-refractivity contribution in [3.05, 3.63) is 94.3 Å². The highest BCUT2D eigenvalue weighted by Crippen LogP contribution is 2.17. The molecule has 0 saturated heterocycles. The number of ketones is 1. The fourth-order valence-corrected chi connectivity index (χ4v) is 3.15. The molecular formula is C21H19N3O2. The number of benzene rings is 2. The minimum atomic E-state index is -0.149. The van der Waals surface area contributed by atoms with Gasteiger partial charge in [-0.15, -0.1) is 0 Å². The fourth-order valence-electron chi connectivity index (χ4n) is 3.15. The number of hydrogen-bond acceptors (Lipinski definition) is 3. The normalized spacial score (nSPS) is 12.6. The van der Waals surface area contributed by atoms with E-state index in [4.69, 9.17) is 0 Å². The van der Waals surface area contributed by atoms with Gasteiger partial charge in [-0.2, -0.15) is 0 Å². The second kappa shape index (κ2) is 6.98. The maximum absolute atomic E-state index is 12.3. The number of H-pyrrole nitrogens is 1. The highest BCUT2D eigenvalue weighted by atomic mass is 16.1. The Hall–Kier alpha value is -3.18. The minimum absolute atomic E-state index is 0.0649. The Labute approximate surface area is 151 Å². The van der Waals surface area contributed by atoms with Crippen LogP contribution in [-0.4, -0.2) is 16.7 Å². The van der Waals surface area contributed by atoms with Gasteiger partial charge in [-0.25, -0.2) is 0 Å². The average molecular weight is 345 g/mol. The van der Waals surface area contributed by atoms with Crippen molar-refractivity contribution >= 4 is 11.7 Å². The monoisotopic (exact) mass is 345 g/mol. The number of aromatic nitrogens is 1. The highest BCUT2D eigenvalue weighted by Gasteiger charge is 2.12. The smallest absolute Gasteiger partial charge is 0.251 e. The van der Waals surface area contributed by atoms with Crippen LogP contribution in [0.1, 0.15) is 43.0 Å². The lowest BCUT2D eigenvalue weighted by atomic mass is 10.0. The van der Waals surface area contributed by atoms with Gasteiger partial charge < -0.3 is 15.6 Å². The lowest BCUT2D eigenvalue weighted by molar-refractivity contribution is 0.0949. The van der Waals surface area contributed by atoms with E-state index in [0.29, 0.717) is 23.2 Å². The lowest BCUT2D eigenvalue weighted by Crippen LogP contribution is -2.22. The average Bonchev–Trinajstić information content (AvgIpc) is 3.37. The molecule has 0 aliphatic carbocycles. The van der Waals surface area contributed by atoms with Crippen molar-refractivity contribution in [2.75, 3.05) is 0 Å². The van der Waals surface area contributed by atoms with Crippen molar-refractivity contribution in [3.63, 3.8) is 0 Å². The number of fused-ring (bicyclic) bond motifs is 1. The molecule has 0 bridgehead atoms. The van der Waals surface area contributed by atoms with E-state index in [1.807, 2.05) is 6.07 Å². The molecular weight excluding hydrogens is 326 g/mol. The Morgan fingerprint density at radius 1 is 0.885 bits per heavy atom. The summed E-state index contributed by atoms with van der Waals surface area (Å²) in [6, 6.07) is 14.8. The van der Waals surface area contributed by atoms with E-state index in [9.17, 15) is 9.59 Å². The molecule has 4 rings (SSSR count). The number of carbonyl (C=O) groups excluding carboxylic acids is 2. The molecule has 5 nitrogen and oxygen atoms in total. The molecule has 0 spiro atoms. The number of carbonyl (C=O) groups is 2. The molecule has 1 aromatic heterocycles. The predicted molar refractivity (Wildman–Crippen MR) is 98.8 cm³/mol. The van der Waals surface area contributed by atoms with Crippen LogP contribution >= 0.6 is 0 Å². The quantitative estimate of drug-likeness (QED) is 0.623. The first-order chi connectivity index (χ1) is 12.7. The summed E-state index contributed by atoms with van der Waals surface area (Å²) in [4.78, 5) is 27.5. The van der Waals surface area contributed by atoms with E-state index in [1.165, 1.54) is 11.1 Å². The Bertz CT molecular complexity index is 944. The van der Waals surface area contributed by atoms with E-state index in [1.54, 1.807) is 42.7 Å². The van der Waals surface area contributed by atoms with Crippen LogP contribution in [0.15, 0.2) is 60.9 Å². The van der Waals surface area contributed by atoms with Crippen LogP contribution < -0.4 is 10.6 Å². The molecule has 5 heteroatoms. The van der Waals surface area contributed by atoms with E-state index in [0.717, 1.165) is 18.7 Å². The summed E-state index contributed by atoms with van der Waals surface area (Å²) in [6.07, 6.45) is 3.37. The van der Waals surface area contributed by atoms with Crippen molar-refractivity contribution < 1.29 is 9.59 Å². The maximum Gasteiger partial charge on any atom is 0.251 e. The molecule has 0 unspecified atom stereocenters. The summed E-state index contributed by atoms with van der Waals surface area (Å²) in [5.74, 6) is -0.214. The van der Waals surface area contributed by atoms with Crippen LogP contribution in [-0.2, 0) is 19.6 Å². The third-order valence-corrected chi connectivity index (χ3v) is 4.62. The van der Waals surface area contributed by atoms with Crippen LogP contribution in [0.3, 0.4) is 0 Å². The third kappa shape index (κ3) is 3.30. The van der Waals surface area contributed by atoms with Gasteiger partial charge in [0.15, 0.2) is 5.78 Å². The number of aromatic amines is 1. The van der Waals surface area contributed by atoms with Crippen molar-refractivity contribution in [2.45, 2.75) is 19.6 Å². The largest absolute Gasteiger partial charge is 0.367 e. The fraction of sp³-hybridized carbons (Fsp3) is 0.143. The standard InChI is InChI=1S/C21H19N3O2/c25-20(18-7-8-22-12-18)15-3-5-16(6-4-15)21(26)24-10-14-1-2-17-11-23-13-19(17)9-14/h1-9,12,22-23H,10-11,13H2,(H,24,26). The Balaban J connectivity index is 1.39. The van der Waals surface area contributed by atoms with Crippen LogP contribution in [0.4, 0.5) is 0 Å². The molecule has 0 atom stereocenters. The van der Waals surface area contributed by atoms with E-state index >= 15 is 0 Å². The van der Waals surface area contributed by atoms with Gasteiger partial charge in [0, 0.05) is 48.7 Å². The van der Waals surface area contributed by atoms with Crippen molar-refractivity contribution in [1.29, 1.82) is 0 Å². The molecule has 1 aliphatic rings. The summed E-state index contributed by atoms with van der Waals surface area (Å²) in [5.41, 5.74) is 5.41. The lowest BCUT2D eigenvalue weighted by Gasteiger charge is -2.08. The summed E-state index contributed by atoms with van der Waals surface area (Å²) in [5, 5.41) is 6.25. The Morgan fingerprint density at radius 3 is 2.42 bits per heavy atom. The van der Waals surface area contributed by atoms with E-state index < -0.39 is 0 Å². The topological polar surface area (TPSA) is 74.0 Å². The first-order valence-corrected chi connectivity index (χ1v) is 8.58. The number of hydrogen-bond donors (Lipinski definition) is 3. The minimum Gasteiger partial charge on any atom is -0.367 e. The number of amides is 1. The molecule has 130 valence electrons. The van der Waals surface area contributed by atoms with Gasteiger partial charge in [0.1, 0.15) is 0 Å². The van der Waals surface area contributed by atoms with Gasteiger partial charge in [-0.05, 0) is 34.9 Å². The third-order valence-electron chi connectivity index (χ3n) is 4.62. The van der Waals surface area contributed by atoms with E-state index in [-0.39, 0.29) is 11.7 Å². The first kappa shape index (κ1) is 16.3. The zero-order valence-corrected chi connectivity index (χ0v) is 14.2. The van der Waals surface area contributed by atoms with Crippen molar-refractivity contribution in [1.82, 2.24) is 15.6 Å². The van der Waals surface area contributed by atoms with E-state index in [2.05, 4.69) is 27.8 Å². The second-order valence-corrected chi connectivity index (χ2v) is 6.40. The SMILES string of the molecule is O=C(NCc1ccc2c(c1)CNC2)c1ccc(C(=O)c2cc[nH]c2)cc1. The van der Waals surface area contributed by atoms with Gasteiger partial charge >= 0.3 is 0 Å². The summed E-state index contributed by atoms with van der Waals surface area (Å²) >= 11 is 0. The first-order valence-electron chi connectivity index (χ1n) is 8.58. The molecule has 3 aromatic rings. The zero-order chi connectivity index (χ0) is 17.9. The molecule has 0 saturated carbocycles. The van der Waals surface area contributed by atoms with Gasteiger partial charge in [0.25, 0.3) is 5.91 Å². The molecule has 0 radical (unpaired) electrons. The van der Waals surface area contributed by atoms with Crippen molar-refractivity contribution in [3.8, 4) is 0 Å². The number of rotatable bonds is 5. The summed E-state index contributed by atoms with van der Waals surface area (Å²) in [6.45, 7) is 2.28. The van der Waals surface area contributed by atoms with Gasteiger partial charge in [0.2, 0.25) is 0 Å². The van der Waals surface area contributed by atoms with Gasteiger partial charge in [-0.1, -0.05) is 30.3 Å². The Kier molecular flexibility index (Phi) is 4.37. The molecule has 2 heterocycles. The summed E-state index contributed by atoms with van der Waals surface area (Å²) < 4.78 is 0. The van der Waals surface area contributed by atoms with Crippen LogP contribution in [0, 0.1) is 0 Å². The highest BCUT2D eigenvalue weighted by molar-refractivity contribution is 6.09. The Morgan fingerprint density at radius 2 is 1.65 bits per heavy atom. The maximum atomic E-state index is 12.3. The van der Waals surface area contributed by atoms with Crippen LogP contribution in [0.2, 0.25) is 0 Å². The molecule has 2 aromatic carbocycles. The van der Waals surface area contributed by atoms with Gasteiger partial charge in [-0.3, -0.25) is 9.59 Å². The molecule has 0 fully saturated rings. The van der Waals surface area contributed by atoms with Gasteiger partial charge in [0.05, 0.1) is 0 Å². The van der Waals surface area contributed by atoms with Crippen LogP contribution in [0.25, 0.3) is 0 Å². The predicted octanol–water partition coefficient (Wildman–Crippen LogP) is 2.78.